The summed E-state index contributed by atoms with van der Waals surface area (Å²) in [5, 5.41) is 0. The number of ether oxygens (including phenoxy) is 1. The average molecular weight is 327 g/mol. The van der Waals surface area contributed by atoms with Crippen molar-refractivity contribution in [1.29, 1.82) is 0 Å². The molecule has 0 spiro atoms. The third-order valence-electron chi connectivity index (χ3n) is 4.50. The second-order valence-corrected chi connectivity index (χ2v) is 6.03. The quantitative estimate of drug-likeness (QED) is 0.866. The Kier molecular flexibility index (Phi) is 4.93. The topological polar surface area (TPSA) is 64.4 Å². The van der Waals surface area contributed by atoms with Crippen molar-refractivity contribution in [2.45, 2.75) is 20.0 Å². The number of nitrogens with zero attached hydrogens (tertiary/aromatic N) is 3. The first-order chi connectivity index (χ1) is 11.7. The van der Waals surface area contributed by atoms with E-state index in [0.717, 1.165) is 12.0 Å². The maximum Gasteiger partial charge on any atom is 0.410 e. The Labute approximate surface area is 141 Å². The zero-order valence-corrected chi connectivity index (χ0v) is 13.7. The van der Waals surface area contributed by atoms with Crippen molar-refractivity contribution in [2.24, 2.45) is 11.8 Å². The van der Waals surface area contributed by atoms with Gasteiger partial charge in [-0.3, -0.25) is 9.36 Å². The summed E-state index contributed by atoms with van der Waals surface area (Å²) in [5.41, 5.74) is 0.947. The number of amides is 1. The van der Waals surface area contributed by atoms with Gasteiger partial charge in [-0.25, -0.2) is 9.78 Å². The highest BCUT2D eigenvalue weighted by atomic mass is 16.6. The van der Waals surface area contributed by atoms with Crippen molar-refractivity contribution in [2.75, 3.05) is 13.1 Å². The molecule has 6 heteroatoms. The van der Waals surface area contributed by atoms with Crippen LogP contribution in [0.5, 0.6) is 0 Å². The van der Waals surface area contributed by atoms with Gasteiger partial charge in [0.25, 0.3) is 0 Å². The van der Waals surface area contributed by atoms with E-state index in [9.17, 15) is 9.59 Å². The largest absolute Gasteiger partial charge is 0.445 e. The molecule has 0 unspecified atom stereocenters. The van der Waals surface area contributed by atoms with E-state index in [4.69, 9.17) is 4.74 Å². The van der Waals surface area contributed by atoms with Gasteiger partial charge in [0.15, 0.2) is 0 Å². The van der Waals surface area contributed by atoms with Gasteiger partial charge in [-0.05, 0) is 11.5 Å². The number of rotatable bonds is 4. The number of aromatic nitrogens is 2. The number of hydrogen-bond donors (Lipinski definition) is 0. The van der Waals surface area contributed by atoms with Gasteiger partial charge in [-0.1, -0.05) is 43.7 Å². The van der Waals surface area contributed by atoms with Crippen LogP contribution in [0.15, 0.2) is 49.1 Å². The van der Waals surface area contributed by atoms with Gasteiger partial charge in [0.05, 0.1) is 5.92 Å². The van der Waals surface area contributed by atoms with Crippen molar-refractivity contribution in [3.63, 3.8) is 0 Å². The highest BCUT2D eigenvalue weighted by Gasteiger charge is 2.39. The average Bonchev–Trinajstić information content (AvgIpc) is 3.29. The molecule has 6 nitrogen and oxygen atoms in total. The van der Waals surface area contributed by atoms with Gasteiger partial charge < -0.3 is 9.64 Å². The van der Waals surface area contributed by atoms with E-state index >= 15 is 0 Å². The van der Waals surface area contributed by atoms with Crippen LogP contribution in [0.1, 0.15) is 23.7 Å². The Morgan fingerprint density at radius 1 is 1.25 bits per heavy atom. The molecule has 0 aliphatic carbocycles. The van der Waals surface area contributed by atoms with Crippen LogP contribution in [0.2, 0.25) is 0 Å². The van der Waals surface area contributed by atoms with Crippen molar-refractivity contribution in [3.8, 4) is 0 Å². The molecule has 24 heavy (non-hydrogen) atoms. The number of imidazole rings is 1. The summed E-state index contributed by atoms with van der Waals surface area (Å²) in [4.78, 5) is 30.4. The second kappa shape index (κ2) is 7.29. The predicted octanol–water partition coefficient (Wildman–Crippen LogP) is 2.82. The molecule has 1 aromatic carbocycles. The normalized spacial score (nSPS) is 20.1. The summed E-state index contributed by atoms with van der Waals surface area (Å²) in [5.74, 6) is -0.0876. The molecular weight excluding hydrogens is 306 g/mol. The zero-order valence-electron chi connectivity index (χ0n) is 13.7. The maximum atomic E-state index is 12.6. The van der Waals surface area contributed by atoms with E-state index in [2.05, 4.69) is 4.98 Å². The Balaban J connectivity index is 1.61. The number of benzene rings is 1. The fourth-order valence-corrected chi connectivity index (χ4v) is 3.11. The number of carbonyl (C=O) groups is 2. The summed E-state index contributed by atoms with van der Waals surface area (Å²) >= 11 is 0. The van der Waals surface area contributed by atoms with E-state index in [1.807, 2.05) is 37.3 Å². The van der Waals surface area contributed by atoms with Gasteiger partial charge in [-0.15, -0.1) is 0 Å². The third kappa shape index (κ3) is 3.48. The smallest absolute Gasteiger partial charge is 0.410 e. The molecule has 1 fully saturated rings. The molecule has 2 atom stereocenters. The van der Waals surface area contributed by atoms with Gasteiger partial charge >= 0.3 is 6.09 Å². The van der Waals surface area contributed by atoms with Crippen LogP contribution < -0.4 is 0 Å². The zero-order chi connectivity index (χ0) is 16.9. The van der Waals surface area contributed by atoms with Gasteiger partial charge in [0, 0.05) is 25.5 Å². The maximum absolute atomic E-state index is 12.6. The molecule has 2 heterocycles. The van der Waals surface area contributed by atoms with Crippen LogP contribution >= 0.6 is 0 Å². The van der Waals surface area contributed by atoms with E-state index in [0.29, 0.717) is 13.1 Å². The van der Waals surface area contributed by atoms with E-state index in [1.165, 1.54) is 10.9 Å². The highest BCUT2D eigenvalue weighted by molar-refractivity contribution is 5.83. The standard InChI is InChI=1S/C18H21N3O3/c1-2-15-10-21(11-16(15)17(22)20-9-8-19-13-20)18(23)24-12-14-6-4-3-5-7-14/h3-9,13,15-16H,2,10-12H2,1H3/t15-,16+/m1/s1. The molecule has 1 aromatic heterocycles. The third-order valence-corrected chi connectivity index (χ3v) is 4.50. The second-order valence-electron chi connectivity index (χ2n) is 6.03. The fraction of sp³-hybridized carbons (Fsp3) is 0.389. The molecule has 0 saturated carbocycles. The van der Waals surface area contributed by atoms with Crippen molar-refractivity contribution >= 4 is 12.0 Å². The molecule has 1 aliphatic rings. The van der Waals surface area contributed by atoms with Crippen LogP contribution in [-0.2, 0) is 11.3 Å². The van der Waals surface area contributed by atoms with Crippen LogP contribution in [-0.4, -0.2) is 39.5 Å². The minimum atomic E-state index is -0.363. The highest BCUT2D eigenvalue weighted by Crippen LogP contribution is 2.28. The van der Waals surface area contributed by atoms with Crippen LogP contribution in [0.3, 0.4) is 0 Å². The first-order valence-corrected chi connectivity index (χ1v) is 8.16. The number of likely N-dealkylation sites (tertiary alicyclic amines) is 1. The van der Waals surface area contributed by atoms with Gasteiger partial charge in [0.1, 0.15) is 12.9 Å². The summed E-state index contributed by atoms with van der Waals surface area (Å²) in [6.07, 6.45) is 5.21. The monoisotopic (exact) mass is 327 g/mol. The van der Waals surface area contributed by atoms with Crippen LogP contribution in [0.25, 0.3) is 0 Å². The molecule has 0 bridgehead atoms. The van der Waals surface area contributed by atoms with Crippen molar-refractivity contribution in [3.05, 3.63) is 54.6 Å². The Morgan fingerprint density at radius 2 is 2.04 bits per heavy atom. The van der Waals surface area contributed by atoms with Gasteiger partial charge in [-0.2, -0.15) is 0 Å². The minimum Gasteiger partial charge on any atom is -0.445 e. The number of carbonyl (C=O) groups excluding carboxylic acids is 2. The Hall–Kier alpha value is -2.63. The lowest BCUT2D eigenvalue weighted by Gasteiger charge is -2.16. The molecule has 0 N–H and O–H groups in total. The van der Waals surface area contributed by atoms with E-state index < -0.39 is 0 Å². The summed E-state index contributed by atoms with van der Waals surface area (Å²) < 4.78 is 6.87. The molecule has 1 aliphatic heterocycles. The molecule has 3 rings (SSSR count). The molecule has 2 aromatic rings. The van der Waals surface area contributed by atoms with Crippen LogP contribution in [0.4, 0.5) is 4.79 Å². The molecule has 126 valence electrons. The first kappa shape index (κ1) is 16.2. The Bertz CT molecular complexity index is 685. The predicted molar refractivity (Wildman–Crippen MR) is 88.3 cm³/mol. The minimum absolute atomic E-state index is 0.0160. The molecule has 1 saturated heterocycles. The first-order valence-electron chi connectivity index (χ1n) is 8.16. The van der Waals surface area contributed by atoms with E-state index in [1.54, 1.807) is 17.3 Å². The lowest BCUT2D eigenvalue weighted by molar-refractivity contribution is 0.0803. The fourth-order valence-electron chi connectivity index (χ4n) is 3.11. The van der Waals surface area contributed by atoms with Gasteiger partial charge in [0.2, 0.25) is 5.91 Å². The van der Waals surface area contributed by atoms with E-state index in [-0.39, 0.29) is 30.4 Å². The summed E-state index contributed by atoms with van der Waals surface area (Å²) in [6.45, 7) is 3.23. The van der Waals surface area contributed by atoms with Crippen LogP contribution in [0, 0.1) is 11.8 Å². The van der Waals surface area contributed by atoms with Crippen molar-refractivity contribution in [1.82, 2.24) is 14.5 Å². The Morgan fingerprint density at radius 3 is 2.71 bits per heavy atom. The lowest BCUT2D eigenvalue weighted by Crippen LogP contribution is -2.31. The lowest BCUT2D eigenvalue weighted by atomic mass is 9.93. The number of hydrogen-bond acceptors (Lipinski definition) is 4. The summed E-state index contributed by atoms with van der Waals surface area (Å²) in [7, 11) is 0. The van der Waals surface area contributed by atoms with Crippen molar-refractivity contribution < 1.29 is 14.3 Å². The molecular formula is C18H21N3O3. The molecule has 1 amide bonds. The summed E-state index contributed by atoms with van der Waals surface area (Å²) in [6, 6.07) is 9.57. The molecule has 0 radical (unpaired) electrons. The SMILES string of the molecule is CC[C@@H]1CN(C(=O)OCc2ccccc2)C[C@@H]1C(=O)n1ccnc1.